The Morgan fingerprint density at radius 1 is 1.08 bits per heavy atom. The van der Waals surface area contributed by atoms with Crippen LogP contribution in [0.2, 0.25) is 0 Å². The maximum absolute atomic E-state index is 11.2. The molecule has 138 valence electrons. The van der Waals surface area contributed by atoms with E-state index in [0.717, 1.165) is 12.3 Å². The zero-order chi connectivity index (χ0) is 18.7. The molecule has 2 nitrogen and oxygen atoms in total. The normalized spacial score (nSPS) is 20.3. The molecule has 0 bridgehead atoms. The molecular formula is C15H20F6NOSb. The number of rotatable bonds is 3. The van der Waals surface area contributed by atoms with Crippen molar-refractivity contribution >= 4 is 19.5 Å². The van der Waals surface area contributed by atoms with E-state index in [0.29, 0.717) is 6.04 Å². The van der Waals surface area contributed by atoms with Crippen LogP contribution >= 0.6 is 0 Å². The van der Waals surface area contributed by atoms with Gasteiger partial charge < -0.3 is 9.64 Å². The van der Waals surface area contributed by atoms with Crippen LogP contribution in [0.15, 0.2) is 48.2 Å². The van der Waals surface area contributed by atoms with Crippen molar-refractivity contribution in [3.63, 3.8) is 0 Å². The van der Waals surface area contributed by atoms with E-state index in [2.05, 4.69) is 49.2 Å². The van der Waals surface area contributed by atoms with Gasteiger partial charge in [0.15, 0.2) is 0 Å². The van der Waals surface area contributed by atoms with Gasteiger partial charge in [0.2, 0.25) is 0 Å². The van der Waals surface area contributed by atoms with Crippen LogP contribution in [0.3, 0.4) is 0 Å². The molecule has 0 amide bonds. The Morgan fingerprint density at radius 2 is 1.58 bits per heavy atom. The fourth-order valence-electron chi connectivity index (χ4n) is 1.97. The summed E-state index contributed by atoms with van der Waals surface area (Å²) in [7, 11) is 1.69. The summed E-state index contributed by atoms with van der Waals surface area (Å²) >= 11 is -11.2. The molecule has 0 saturated carbocycles. The molecule has 0 fully saturated rings. The van der Waals surface area contributed by atoms with E-state index in [4.69, 9.17) is 4.74 Å². The number of methoxy groups -OCH3 is 1. The predicted molar refractivity (Wildman–Crippen MR) is 84.4 cm³/mol. The van der Waals surface area contributed by atoms with Crippen molar-refractivity contribution in [2.45, 2.75) is 26.4 Å². The summed E-state index contributed by atoms with van der Waals surface area (Å²) in [6, 6.07) is 8.73. The minimum atomic E-state index is -11.2. The molecule has 0 N–H and O–H groups in total. The molecule has 1 aromatic carbocycles. The van der Waals surface area contributed by atoms with E-state index in [1.54, 1.807) is 7.11 Å². The van der Waals surface area contributed by atoms with E-state index < -0.39 is 19.5 Å². The Kier molecular flexibility index (Phi) is 5.65. The van der Waals surface area contributed by atoms with Crippen molar-refractivity contribution < 1.29 is 23.0 Å². The zero-order valence-corrected chi connectivity index (χ0v) is 15.9. The maximum atomic E-state index is 9.93. The van der Waals surface area contributed by atoms with E-state index in [-0.39, 0.29) is 1.43 Å². The van der Waals surface area contributed by atoms with Crippen molar-refractivity contribution in [3.8, 4) is 5.75 Å². The smallest absolute Gasteiger partial charge is 1.00 e. The maximum Gasteiger partial charge on any atom is 1.00 e. The Morgan fingerprint density at radius 3 is 2.04 bits per heavy atom. The van der Waals surface area contributed by atoms with Crippen LogP contribution in [0.25, 0.3) is 0 Å². The van der Waals surface area contributed by atoms with Crippen molar-refractivity contribution in [1.29, 1.82) is 0 Å². The summed E-state index contributed by atoms with van der Waals surface area (Å²) in [5.41, 5.74) is 2.71. The van der Waals surface area contributed by atoms with Gasteiger partial charge in [-0.1, -0.05) is 23.8 Å². The van der Waals surface area contributed by atoms with E-state index in [1.807, 2.05) is 12.1 Å². The van der Waals surface area contributed by atoms with Gasteiger partial charge in [-0.15, -0.1) is 0 Å². The third-order valence-electron chi connectivity index (χ3n) is 3.32. The Labute approximate surface area is 140 Å². The average molecular weight is 466 g/mol. The van der Waals surface area contributed by atoms with Crippen LogP contribution in [0.4, 0.5) is 16.9 Å². The van der Waals surface area contributed by atoms with Gasteiger partial charge in [-0.05, 0) is 43.8 Å². The van der Waals surface area contributed by atoms with E-state index in [9.17, 15) is 16.9 Å². The predicted octanol–water partition coefficient (Wildman–Crippen LogP) is 5.61. The second-order valence-corrected chi connectivity index (χ2v) is 10.9. The van der Waals surface area contributed by atoms with Crippen molar-refractivity contribution in [3.05, 3.63) is 53.8 Å². The van der Waals surface area contributed by atoms with Gasteiger partial charge in [-0.25, -0.2) is 0 Å². The molecule has 1 unspecified atom stereocenters. The number of hydrogen-bond donors (Lipinski definition) is 0. The monoisotopic (exact) mass is 465 g/mol. The molecule has 0 radical (unpaired) electrons. The first-order valence-corrected chi connectivity index (χ1v) is 12.7. The average Bonchev–Trinajstić information content (AvgIpc) is 2.41. The zero-order valence-electron chi connectivity index (χ0n) is 14.4. The molecule has 0 saturated heterocycles. The van der Waals surface area contributed by atoms with Crippen LogP contribution in [0.5, 0.6) is 5.75 Å². The Bertz CT molecular complexity index is 616. The summed E-state index contributed by atoms with van der Waals surface area (Å²) in [5.74, 6) is 0.909. The molecule has 1 aliphatic heterocycles. The third kappa shape index (κ3) is 9.75. The van der Waals surface area contributed by atoms with Gasteiger partial charge in [0.05, 0.1) is 7.11 Å². The molecule has 0 aromatic heterocycles. The second-order valence-electron chi connectivity index (χ2n) is 5.41. The van der Waals surface area contributed by atoms with Crippen LogP contribution in [-0.2, 0) is 6.54 Å². The van der Waals surface area contributed by atoms with E-state index >= 15 is 0 Å². The van der Waals surface area contributed by atoms with Gasteiger partial charge in [0.25, 0.3) is 0 Å². The topological polar surface area (TPSA) is 12.5 Å². The first-order chi connectivity index (χ1) is 10.7. The van der Waals surface area contributed by atoms with Gasteiger partial charge in [0, 0.05) is 12.6 Å². The summed E-state index contributed by atoms with van der Waals surface area (Å²) in [6.07, 6.45) is 6.44. The van der Waals surface area contributed by atoms with Crippen LogP contribution in [-0.4, -0.2) is 37.5 Å². The molecule has 9 heteroatoms. The standard InChI is InChI=1S/C15H19NO.6FH.Sb/c1-12-5-4-10-16(13(12)2)11-14-6-8-15(17-3)9-7-14;;;;;;;/h4-10,13H,11H2,1-3H3;6*1H;/q;;;;;;;+5/p-5. The van der Waals surface area contributed by atoms with Crippen LogP contribution in [0.1, 0.15) is 20.8 Å². The molecular weight excluding hydrogens is 446 g/mol. The fraction of sp³-hybridized carbons (Fsp3) is 0.333. The fourth-order valence-corrected chi connectivity index (χ4v) is 1.97. The molecule has 1 aliphatic rings. The molecule has 0 aliphatic carbocycles. The minimum absolute atomic E-state index is 0. The number of allylic oxidation sites excluding steroid dienone is 2. The number of benzene rings is 1. The minimum Gasteiger partial charge on any atom is 1.00 e. The first kappa shape index (κ1) is 20.7. The number of nitrogens with zero attached hydrogens (tertiary/aromatic N) is 1. The Balaban J connectivity index is 0.000000620. The SMILES string of the molecule is COc1ccc(CN2C=CC=C(C)C2C)cc1.[F][Sb-]([F])([F])([F])([F])[F].[H+]. The molecule has 1 atom stereocenters. The number of ether oxygens (including phenoxy) is 1. The van der Waals surface area contributed by atoms with Crippen LogP contribution < -0.4 is 4.74 Å². The molecule has 1 aromatic rings. The second kappa shape index (κ2) is 6.54. The third-order valence-corrected chi connectivity index (χ3v) is 3.32. The molecule has 2 rings (SSSR count). The van der Waals surface area contributed by atoms with Crippen molar-refractivity contribution in [2.24, 2.45) is 0 Å². The molecule has 0 spiro atoms. The Hall–Kier alpha value is -1.30. The van der Waals surface area contributed by atoms with E-state index in [1.165, 1.54) is 11.1 Å². The quantitative estimate of drug-likeness (QED) is 0.424. The summed E-state index contributed by atoms with van der Waals surface area (Å²) in [6.45, 7) is 5.35. The molecule has 24 heavy (non-hydrogen) atoms. The largest absolute Gasteiger partial charge is 1.00 e. The van der Waals surface area contributed by atoms with Gasteiger partial charge in [-0.2, -0.15) is 0 Å². The van der Waals surface area contributed by atoms with Crippen molar-refractivity contribution in [1.82, 2.24) is 4.90 Å². The van der Waals surface area contributed by atoms with Crippen LogP contribution in [0, 0.1) is 0 Å². The van der Waals surface area contributed by atoms with Gasteiger partial charge in [-0.3, -0.25) is 0 Å². The van der Waals surface area contributed by atoms with Gasteiger partial charge >= 0.3 is 37.8 Å². The summed E-state index contributed by atoms with van der Waals surface area (Å²) in [5, 5.41) is 0. The number of hydrogen-bond acceptors (Lipinski definition) is 2. The number of halogens is 6. The van der Waals surface area contributed by atoms with Crippen molar-refractivity contribution in [2.75, 3.05) is 7.11 Å². The summed E-state index contributed by atoms with van der Waals surface area (Å²) in [4.78, 5) is 2.34. The van der Waals surface area contributed by atoms with Gasteiger partial charge in [0.1, 0.15) is 5.75 Å². The summed E-state index contributed by atoms with van der Waals surface area (Å²) < 4.78 is 64.7. The molecule has 1 heterocycles. The first-order valence-electron chi connectivity index (χ1n) is 6.96.